The van der Waals surface area contributed by atoms with E-state index in [1.807, 2.05) is 30.3 Å². The summed E-state index contributed by atoms with van der Waals surface area (Å²) >= 11 is 0. The Morgan fingerprint density at radius 2 is 1.68 bits per heavy atom. The lowest BCUT2D eigenvalue weighted by atomic mass is 10.1. The van der Waals surface area contributed by atoms with Gasteiger partial charge in [-0.2, -0.15) is 0 Å². The van der Waals surface area contributed by atoms with Crippen molar-refractivity contribution in [1.29, 1.82) is 0 Å². The highest BCUT2D eigenvalue weighted by molar-refractivity contribution is 5.83. The van der Waals surface area contributed by atoms with Crippen LogP contribution in [0.2, 0.25) is 0 Å². The molecular formula is C14H22N2O3. The molecule has 0 radical (unpaired) electrons. The van der Waals surface area contributed by atoms with Gasteiger partial charge >= 0.3 is 0 Å². The molecule has 0 saturated heterocycles. The predicted octanol–water partition coefficient (Wildman–Crippen LogP) is 0.808. The van der Waals surface area contributed by atoms with Crippen LogP contribution in [0.5, 0.6) is 0 Å². The van der Waals surface area contributed by atoms with Gasteiger partial charge in [0.25, 0.3) is 0 Å². The molecule has 1 amide bonds. The minimum Gasteiger partial charge on any atom is -0.383 e. The van der Waals surface area contributed by atoms with Crippen LogP contribution in [-0.2, 0) is 14.3 Å². The highest BCUT2D eigenvalue weighted by Gasteiger charge is 2.21. The van der Waals surface area contributed by atoms with E-state index in [0.29, 0.717) is 26.3 Å². The smallest absolute Gasteiger partial charge is 0.244 e. The van der Waals surface area contributed by atoms with Crippen molar-refractivity contribution >= 4 is 5.91 Å². The summed E-state index contributed by atoms with van der Waals surface area (Å²) < 4.78 is 10.0. The van der Waals surface area contributed by atoms with Crippen molar-refractivity contribution in [3.63, 3.8) is 0 Å². The molecule has 1 rings (SSSR count). The number of benzene rings is 1. The molecule has 2 N–H and O–H groups in total. The molecule has 0 aliphatic heterocycles. The van der Waals surface area contributed by atoms with E-state index in [2.05, 4.69) is 0 Å². The van der Waals surface area contributed by atoms with Crippen LogP contribution in [0.3, 0.4) is 0 Å². The summed E-state index contributed by atoms with van der Waals surface area (Å²) in [6.45, 7) is 1.99. The maximum atomic E-state index is 12.3. The zero-order valence-corrected chi connectivity index (χ0v) is 11.5. The Hall–Kier alpha value is -1.43. The maximum Gasteiger partial charge on any atom is 0.244 e. The fourth-order valence-electron chi connectivity index (χ4n) is 1.73. The minimum atomic E-state index is -0.644. The zero-order valence-electron chi connectivity index (χ0n) is 11.5. The third-order valence-corrected chi connectivity index (χ3v) is 2.87. The average molecular weight is 266 g/mol. The Kier molecular flexibility index (Phi) is 7.10. The Balaban J connectivity index is 2.68. The first-order valence-corrected chi connectivity index (χ1v) is 6.28. The molecule has 0 unspecified atom stereocenters. The van der Waals surface area contributed by atoms with Crippen LogP contribution >= 0.6 is 0 Å². The fourth-order valence-corrected chi connectivity index (χ4v) is 1.73. The summed E-state index contributed by atoms with van der Waals surface area (Å²) in [4.78, 5) is 14.0. The van der Waals surface area contributed by atoms with Crippen LogP contribution in [0.1, 0.15) is 11.6 Å². The van der Waals surface area contributed by atoms with Gasteiger partial charge in [0.2, 0.25) is 5.91 Å². The number of methoxy groups -OCH3 is 2. The third-order valence-electron chi connectivity index (χ3n) is 2.87. The second-order valence-corrected chi connectivity index (χ2v) is 4.20. The van der Waals surface area contributed by atoms with Gasteiger partial charge in [-0.05, 0) is 5.56 Å². The number of rotatable bonds is 8. The highest BCUT2D eigenvalue weighted by Crippen LogP contribution is 2.12. The molecular weight excluding hydrogens is 244 g/mol. The summed E-state index contributed by atoms with van der Waals surface area (Å²) in [5.41, 5.74) is 6.82. The first kappa shape index (κ1) is 15.6. The number of nitrogens with zero attached hydrogens (tertiary/aromatic N) is 1. The summed E-state index contributed by atoms with van der Waals surface area (Å²) in [7, 11) is 3.21. The number of ether oxygens (including phenoxy) is 2. The van der Waals surface area contributed by atoms with Crippen molar-refractivity contribution in [3.05, 3.63) is 35.9 Å². The second-order valence-electron chi connectivity index (χ2n) is 4.20. The molecule has 0 aliphatic rings. The molecule has 0 bridgehead atoms. The monoisotopic (exact) mass is 266 g/mol. The first-order chi connectivity index (χ1) is 9.20. The third kappa shape index (κ3) is 4.98. The minimum absolute atomic E-state index is 0.111. The van der Waals surface area contributed by atoms with Crippen molar-refractivity contribution in [2.75, 3.05) is 40.5 Å². The van der Waals surface area contributed by atoms with Crippen molar-refractivity contribution in [2.45, 2.75) is 6.04 Å². The Labute approximate surface area is 114 Å². The predicted molar refractivity (Wildman–Crippen MR) is 73.7 cm³/mol. The number of hydrogen-bond donors (Lipinski definition) is 1. The number of hydrogen-bond acceptors (Lipinski definition) is 4. The van der Waals surface area contributed by atoms with Gasteiger partial charge in [-0.3, -0.25) is 4.79 Å². The van der Waals surface area contributed by atoms with E-state index >= 15 is 0 Å². The van der Waals surface area contributed by atoms with E-state index in [9.17, 15) is 4.79 Å². The molecule has 0 spiro atoms. The molecule has 1 aromatic rings. The highest BCUT2D eigenvalue weighted by atomic mass is 16.5. The van der Waals surface area contributed by atoms with Gasteiger partial charge in [0.15, 0.2) is 0 Å². The van der Waals surface area contributed by atoms with Crippen LogP contribution < -0.4 is 5.73 Å². The molecule has 106 valence electrons. The zero-order chi connectivity index (χ0) is 14.1. The summed E-state index contributed by atoms with van der Waals surface area (Å²) in [5.74, 6) is -0.111. The van der Waals surface area contributed by atoms with Gasteiger partial charge in [0, 0.05) is 27.3 Å². The molecule has 1 aromatic carbocycles. The lowest BCUT2D eigenvalue weighted by molar-refractivity contribution is -0.134. The second kappa shape index (κ2) is 8.63. The van der Waals surface area contributed by atoms with E-state index in [1.165, 1.54) is 0 Å². The largest absolute Gasteiger partial charge is 0.383 e. The Morgan fingerprint density at radius 3 is 2.16 bits per heavy atom. The van der Waals surface area contributed by atoms with Gasteiger partial charge in [-0.15, -0.1) is 0 Å². The number of carbonyl (C=O) groups is 1. The molecule has 0 aromatic heterocycles. The fraction of sp³-hybridized carbons (Fsp3) is 0.500. The lowest BCUT2D eigenvalue weighted by Crippen LogP contribution is -2.42. The van der Waals surface area contributed by atoms with E-state index in [0.717, 1.165) is 5.56 Å². The maximum absolute atomic E-state index is 12.3. The van der Waals surface area contributed by atoms with Gasteiger partial charge in [-0.1, -0.05) is 30.3 Å². The van der Waals surface area contributed by atoms with Crippen LogP contribution in [0.4, 0.5) is 0 Å². The lowest BCUT2D eigenvalue weighted by Gasteiger charge is -2.25. The van der Waals surface area contributed by atoms with Gasteiger partial charge in [0.05, 0.1) is 13.2 Å². The summed E-state index contributed by atoms with van der Waals surface area (Å²) in [6.07, 6.45) is 0. The number of carbonyl (C=O) groups excluding carboxylic acids is 1. The van der Waals surface area contributed by atoms with Crippen molar-refractivity contribution < 1.29 is 14.3 Å². The van der Waals surface area contributed by atoms with E-state index in [4.69, 9.17) is 15.2 Å². The molecule has 0 heterocycles. The summed E-state index contributed by atoms with van der Waals surface area (Å²) in [5, 5.41) is 0. The molecule has 0 aliphatic carbocycles. The van der Waals surface area contributed by atoms with E-state index < -0.39 is 6.04 Å². The Morgan fingerprint density at radius 1 is 1.16 bits per heavy atom. The SMILES string of the molecule is COCCN(CCOC)C(=O)[C@H](N)c1ccccc1. The van der Waals surface area contributed by atoms with Crippen molar-refractivity contribution in [1.82, 2.24) is 4.90 Å². The summed E-state index contributed by atoms with van der Waals surface area (Å²) in [6, 6.07) is 8.71. The Bertz CT molecular complexity index is 362. The van der Waals surface area contributed by atoms with Crippen molar-refractivity contribution in [2.24, 2.45) is 5.73 Å². The van der Waals surface area contributed by atoms with Gasteiger partial charge < -0.3 is 20.1 Å². The molecule has 0 saturated carbocycles. The van der Waals surface area contributed by atoms with Crippen LogP contribution in [-0.4, -0.2) is 51.3 Å². The molecule has 19 heavy (non-hydrogen) atoms. The normalized spacial score (nSPS) is 12.2. The van der Waals surface area contributed by atoms with E-state index in [1.54, 1.807) is 19.1 Å². The topological polar surface area (TPSA) is 64.8 Å². The quantitative estimate of drug-likeness (QED) is 0.756. The molecule has 5 heteroatoms. The van der Waals surface area contributed by atoms with Crippen molar-refractivity contribution in [3.8, 4) is 0 Å². The molecule has 1 atom stereocenters. The van der Waals surface area contributed by atoms with Crippen LogP contribution in [0.25, 0.3) is 0 Å². The van der Waals surface area contributed by atoms with Crippen LogP contribution in [0.15, 0.2) is 30.3 Å². The number of nitrogens with two attached hydrogens (primary N) is 1. The molecule has 5 nitrogen and oxygen atoms in total. The average Bonchev–Trinajstić information content (AvgIpc) is 2.47. The molecule has 0 fully saturated rings. The van der Waals surface area contributed by atoms with E-state index in [-0.39, 0.29) is 5.91 Å². The standard InChI is InChI=1S/C14H22N2O3/c1-18-10-8-16(9-11-19-2)14(17)13(15)12-6-4-3-5-7-12/h3-7,13H,8-11,15H2,1-2H3/t13-/m1/s1. The van der Waals surface area contributed by atoms with Gasteiger partial charge in [-0.25, -0.2) is 0 Å². The first-order valence-electron chi connectivity index (χ1n) is 6.28. The number of amides is 1. The van der Waals surface area contributed by atoms with Gasteiger partial charge in [0.1, 0.15) is 6.04 Å². The van der Waals surface area contributed by atoms with Crippen LogP contribution in [0, 0.1) is 0 Å².